The molecular weight excluding hydrogens is 276 g/mol. The van der Waals surface area contributed by atoms with Crippen LogP contribution in [0.25, 0.3) is 0 Å². The van der Waals surface area contributed by atoms with Gasteiger partial charge in [-0.15, -0.1) is 0 Å². The van der Waals surface area contributed by atoms with E-state index in [0.29, 0.717) is 12.4 Å². The lowest BCUT2D eigenvalue weighted by Gasteiger charge is -2.39. The van der Waals surface area contributed by atoms with Crippen LogP contribution in [-0.2, 0) is 10.0 Å². The third-order valence-corrected chi connectivity index (χ3v) is 6.27. The fourth-order valence-corrected chi connectivity index (χ4v) is 4.49. The summed E-state index contributed by atoms with van der Waals surface area (Å²) in [7, 11) is -1.93. The molecule has 0 aliphatic heterocycles. The van der Waals surface area contributed by atoms with Crippen LogP contribution in [0.3, 0.4) is 0 Å². The van der Waals surface area contributed by atoms with Gasteiger partial charge < -0.3 is 10.7 Å². The topological polar surface area (TPSA) is 92.1 Å². The summed E-state index contributed by atoms with van der Waals surface area (Å²) in [5.74, 6) is 0.597. The molecule has 114 valence electrons. The molecule has 0 amide bonds. The van der Waals surface area contributed by atoms with Crippen LogP contribution in [0.4, 0.5) is 0 Å². The average molecular weight is 300 g/mol. The highest BCUT2D eigenvalue weighted by molar-refractivity contribution is 7.89. The van der Waals surface area contributed by atoms with Gasteiger partial charge in [0.1, 0.15) is 5.82 Å². The number of aromatic nitrogens is 2. The Morgan fingerprint density at radius 2 is 1.95 bits per heavy atom. The maximum Gasteiger partial charge on any atom is 0.260 e. The molecule has 1 aromatic heterocycles. The predicted molar refractivity (Wildman–Crippen MR) is 77.8 cm³/mol. The van der Waals surface area contributed by atoms with Gasteiger partial charge in [0.2, 0.25) is 0 Å². The van der Waals surface area contributed by atoms with Crippen molar-refractivity contribution in [3.05, 3.63) is 12.0 Å². The van der Waals surface area contributed by atoms with E-state index in [1.165, 1.54) is 10.5 Å². The summed E-state index contributed by atoms with van der Waals surface area (Å²) in [6.07, 6.45) is 7.39. The first kappa shape index (κ1) is 15.5. The molecule has 1 aliphatic rings. The Kier molecular flexibility index (Phi) is 4.51. The van der Waals surface area contributed by atoms with Gasteiger partial charge in [-0.05, 0) is 19.8 Å². The van der Waals surface area contributed by atoms with E-state index in [4.69, 9.17) is 5.73 Å². The molecule has 6 nitrogen and oxygen atoms in total. The molecule has 0 spiro atoms. The maximum absolute atomic E-state index is 12.7. The van der Waals surface area contributed by atoms with Gasteiger partial charge in [0.05, 0.1) is 6.20 Å². The Bertz CT molecular complexity index is 544. The van der Waals surface area contributed by atoms with Crippen LogP contribution in [0.1, 0.15) is 44.3 Å². The van der Waals surface area contributed by atoms with Gasteiger partial charge >= 0.3 is 0 Å². The molecule has 2 rings (SSSR count). The van der Waals surface area contributed by atoms with Crippen molar-refractivity contribution in [1.29, 1.82) is 0 Å². The average Bonchev–Trinajstić information content (AvgIpc) is 2.74. The van der Waals surface area contributed by atoms with Crippen LogP contribution in [0.15, 0.2) is 11.2 Å². The summed E-state index contributed by atoms with van der Waals surface area (Å²) < 4.78 is 26.9. The molecule has 3 N–H and O–H groups in total. The predicted octanol–water partition coefficient (Wildman–Crippen LogP) is 1.39. The summed E-state index contributed by atoms with van der Waals surface area (Å²) in [6, 6.07) is 0. The van der Waals surface area contributed by atoms with Gasteiger partial charge in [-0.1, -0.05) is 25.7 Å². The van der Waals surface area contributed by atoms with E-state index in [1.807, 2.05) is 0 Å². The number of imidazole rings is 1. The lowest BCUT2D eigenvalue weighted by Crippen LogP contribution is -2.54. The molecule has 7 heteroatoms. The first-order valence-electron chi connectivity index (χ1n) is 7.13. The summed E-state index contributed by atoms with van der Waals surface area (Å²) in [4.78, 5) is 6.80. The molecule has 1 aliphatic carbocycles. The lowest BCUT2D eigenvalue weighted by atomic mass is 9.90. The Morgan fingerprint density at radius 1 is 1.35 bits per heavy atom. The monoisotopic (exact) mass is 300 g/mol. The minimum atomic E-state index is -3.57. The van der Waals surface area contributed by atoms with Crippen LogP contribution in [0.2, 0.25) is 0 Å². The molecule has 1 fully saturated rings. The van der Waals surface area contributed by atoms with E-state index in [9.17, 15) is 8.42 Å². The fraction of sp³-hybridized carbons (Fsp3) is 0.769. The van der Waals surface area contributed by atoms with Gasteiger partial charge in [0, 0.05) is 19.1 Å². The van der Waals surface area contributed by atoms with E-state index < -0.39 is 15.6 Å². The van der Waals surface area contributed by atoms with E-state index in [-0.39, 0.29) is 5.03 Å². The van der Waals surface area contributed by atoms with Crippen molar-refractivity contribution in [2.75, 3.05) is 13.6 Å². The number of aromatic amines is 1. The zero-order valence-corrected chi connectivity index (χ0v) is 13.0. The molecule has 20 heavy (non-hydrogen) atoms. The maximum atomic E-state index is 12.7. The van der Waals surface area contributed by atoms with Gasteiger partial charge in [-0.2, -0.15) is 4.31 Å². The lowest BCUT2D eigenvalue weighted by molar-refractivity contribution is 0.195. The molecule has 0 saturated heterocycles. The zero-order chi connectivity index (χ0) is 14.8. The smallest absolute Gasteiger partial charge is 0.260 e. The molecule has 0 atom stereocenters. The molecule has 0 unspecified atom stereocenters. The van der Waals surface area contributed by atoms with Gasteiger partial charge in [-0.25, -0.2) is 13.4 Å². The highest BCUT2D eigenvalue weighted by Crippen LogP contribution is 2.34. The number of aryl methyl sites for hydroxylation is 1. The minimum Gasteiger partial charge on any atom is -0.332 e. The van der Waals surface area contributed by atoms with Gasteiger partial charge in [0.15, 0.2) is 5.03 Å². The largest absolute Gasteiger partial charge is 0.332 e. The summed E-state index contributed by atoms with van der Waals surface area (Å²) in [5.41, 5.74) is 5.49. The standard InChI is InChI=1S/C13H24N4O2S/c1-11-15-9-12(16-11)20(18,19)17(2)13(10-14)7-5-3-4-6-8-13/h9H,3-8,10,14H2,1-2H3,(H,15,16). The van der Waals surface area contributed by atoms with Crippen molar-refractivity contribution in [2.24, 2.45) is 5.73 Å². The van der Waals surface area contributed by atoms with E-state index in [0.717, 1.165) is 38.5 Å². The van der Waals surface area contributed by atoms with Crippen molar-refractivity contribution >= 4 is 10.0 Å². The first-order chi connectivity index (χ1) is 9.42. The number of rotatable bonds is 4. The number of nitrogens with zero attached hydrogens (tertiary/aromatic N) is 2. The van der Waals surface area contributed by atoms with Gasteiger partial charge in [-0.3, -0.25) is 0 Å². The SMILES string of the molecule is Cc1ncc(S(=O)(=O)N(C)C2(CN)CCCCCC2)[nH]1. The highest BCUT2D eigenvalue weighted by atomic mass is 32.2. The Labute approximate surface area is 120 Å². The highest BCUT2D eigenvalue weighted by Gasteiger charge is 2.41. The second-order valence-electron chi connectivity index (χ2n) is 5.65. The van der Waals surface area contributed by atoms with Crippen molar-refractivity contribution in [1.82, 2.24) is 14.3 Å². The van der Waals surface area contributed by atoms with Crippen molar-refractivity contribution in [2.45, 2.75) is 56.0 Å². The molecule has 1 aromatic rings. The number of hydrogen-bond acceptors (Lipinski definition) is 4. The van der Waals surface area contributed by atoms with Crippen LogP contribution in [-0.4, -0.2) is 41.8 Å². The third-order valence-electron chi connectivity index (χ3n) is 4.40. The Balaban J connectivity index is 2.34. The number of hydrogen-bond donors (Lipinski definition) is 2. The number of nitrogens with one attached hydrogen (secondary N) is 1. The number of sulfonamides is 1. The molecule has 0 bridgehead atoms. The van der Waals surface area contributed by atoms with Crippen LogP contribution in [0.5, 0.6) is 0 Å². The fourth-order valence-electron chi connectivity index (χ4n) is 2.97. The number of nitrogens with two attached hydrogens (primary N) is 1. The van der Waals surface area contributed by atoms with E-state index >= 15 is 0 Å². The second-order valence-corrected chi connectivity index (χ2v) is 7.59. The van der Waals surface area contributed by atoms with E-state index in [1.54, 1.807) is 14.0 Å². The minimum absolute atomic E-state index is 0.148. The number of H-pyrrole nitrogens is 1. The Morgan fingerprint density at radius 3 is 2.40 bits per heavy atom. The van der Waals surface area contributed by atoms with Crippen molar-refractivity contribution < 1.29 is 8.42 Å². The molecule has 0 aromatic carbocycles. The molecular formula is C13H24N4O2S. The zero-order valence-electron chi connectivity index (χ0n) is 12.2. The summed E-state index contributed by atoms with van der Waals surface area (Å²) in [6.45, 7) is 2.10. The number of likely N-dealkylation sites (N-methyl/N-ethyl adjacent to an activating group) is 1. The van der Waals surface area contributed by atoms with Gasteiger partial charge in [0.25, 0.3) is 10.0 Å². The van der Waals surface area contributed by atoms with E-state index in [2.05, 4.69) is 9.97 Å². The van der Waals surface area contributed by atoms with Crippen molar-refractivity contribution in [3.63, 3.8) is 0 Å². The van der Waals surface area contributed by atoms with Crippen molar-refractivity contribution in [3.8, 4) is 0 Å². The molecule has 0 radical (unpaired) electrons. The van der Waals surface area contributed by atoms with Crippen LogP contribution < -0.4 is 5.73 Å². The second kappa shape index (κ2) is 5.83. The first-order valence-corrected chi connectivity index (χ1v) is 8.57. The molecule has 1 heterocycles. The van der Waals surface area contributed by atoms with Crippen LogP contribution in [0, 0.1) is 6.92 Å². The normalized spacial score (nSPS) is 20.0. The van der Waals surface area contributed by atoms with Crippen LogP contribution >= 0.6 is 0 Å². The summed E-state index contributed by atoms with van der Waals surface area (Å²) >= 11 is 0. The third kappa shape index (κ3) is 2.75. The molecule has 1 saturated carbocycles. The quantitative estimate of drug-likeness (QED) is 0.822. The Hall–Kier alpha value is -0.920. The summed E-state index contributed by atoms with van der Waals surface area (Å²) in [5, 5.41) is 0.148.